The van der Waals surface area contributed by atoms with Gasteiger partial charge in [-0.3, -0.25) is 0 Å². The van der Waals surface area contributed by atoms with Crippen LogP contribution in [0.1, 0.15) is 25.3 Å². The first kappa shape index (κ1) is 9.19. The number of benzene rings is 1. The Hall–Kier alpha value is -1.38. The van der Waals surface area contributed by atoms with E-state index in [0.717, 1.165) is 6.07 Å². The minimum Gasteiger partial charge on any atom is -0.359 e. The summed E-state index contributed by atoms with van der Waals surface area (Å²) in [6.07, 6.45) is 1.62. The van der Waals surface area contributed by atoms with Crippen LogP contribution in [-0.2, 0) is 0 Å². The van der Waals surface area contributed by atoms with Crippen molar-refractivity contribution in [1.82, 2.24) is 4.98 Å². The van der Waals surface area contributed by atoms with Crippen molar-refractivity contribution < 1.29 is 8.78 Å². The zero-order valence-corrected chi connectivity index (χ0v) is 8.07. The maximum Gasteiger partial charge on any atom is 0.150 e. The quantitative estimate of drug-likeness (QED) is 0.716. The molecular weight excluding hydrogens is 184 g/mol. The van der Waals surface area contributed by atoms with Gasteiger partial charge in [0.2, 0.25) is 0 Å². The molecule has 3 heteroatoms. The molecule has 1 nitrogen and oxygen atoms in total. The SMILES string of the molecule is CC(C)c1c(F)cc(F)c2[nH]ccc12. The van der Waals surface area contributed by atoms with Gasteiger partial charge in [-0.15, -0.1) is 0 Å². The van der Waals surface area contributed by atoms with E-state index in [2.05, 4.69) is 4.98 Å². The first-order valence-corrected chi connectivity index (χ1v) is 4.56. The van der Waals surface area contributed by atoms with Gasteiger partial charge in [0.25, 0.3) is 0 Å². The maximum atomic E-state index is 13.5. The smallest absolute Gasteiger partial charge is 0.150 e. The molecule has 1 N–H and O–H groups in total. The topological polar surface area (TPSA) is 15.8 Å². The zero-order valence-electron chi connectivity index (χ0n) is 8.07. The third kappa shape index (κ3) is 1.20. The second kappa shape index (κ2) is 3.08. The largest absolute Gasteiger partial charge is 0.359 e. The van der Waals surface area contributed by atoms with Gasteiger partial charge in [0.05, 0.1) is 5.52 Å². The van der Waals surface area contributed by atoms with Crippen LogP contribution in [0.25, 0.3) is 10.9 Å². The molecule has 0 aliphatic heterocycles. The Bertz CT molecular complexity index is 471. The second-order valence-corrected chi connectivity index (χ2v) is 3.67. The van der Waals surface area contributed by atoms with Crippen molar-refractivity contribution in [3.63, 3.8) is 0 Å². The van der Waals surface area contributed by atoms with E-state index < -0.39 is 11.6 Å². The number of H-pyrrole nitrogens is 1. The molecular formula is C11H11F2N. The van der Waals surface area contributed by atoms with E-state index >= 15 is 0 Å². The molecule has 0 fully saturated rings. The summed E-state index contributed by atoms with van der Waals surface area (Å²) in [5.41, 5.74) is 0.956. The van der Waals surface area contributed by atoms with Crippen LogP contribution in [0.15, 0.2) is 18.3 Å². The van der Waals surface area contributed by atoms with Gasteiger partial charge in [0, 0.05) is 17.6 Å². The molecule has 0 bridgehead atoms. The number of hydrogen-bond acceptors (Lipinski definition) is 0. The number of rotatable bonds is 1. The average Bonchev–Trinajstić information content (AvgIpc) is 2.51. The van der Waals surface area contributed by atoms with E-state index in [1.807, 2.05) is 13.8 Å². The Morgan fingerprint density at radius 2 is 1.93 bits per heavy atom. The predicted molar refractivity (Wildman–Crippen MR) is 52.3 cm³/mol. The summed E-state index contributed by atoms with van der Waals surface area (Å²) in [5, 5.41) is 0.637. The highest BCUT2D eigenvalue weighted by atomic mass is 19.1. The third-order valence-electron chi connectivity index (χ3n) is 2.36. The maximum absolute atomic E-state index is 13.5. The van der Waals surface area contributed by atoms with Crippen molar-refractivity contribution in [3.8, 4) is 0 Å². The summed E-state index contributed by atoms with van der Waals surface area (Å²) < 4.78 is 26.7. The molecule has 0 aliphatic rings. The van der Waals surface area contributed by atoms with E-state index in [9.17, 15) is 8.78 Å². The van der Waals surface area contributed by atoms with E-state index in [1.165, 1.54) is 0 Å². The van der Waals surface area contributed by atoms with Crippen molar-refractivity contribution in [2.75, 3.05) is 0 Å². The molecule has 1 aromatic heterocycles. The number of fused-ring (bicyclic) bond motifs is 1. The van der Waals surface area contributed by atoms with Crippen LogP contribution in [-0.4, -0.2) is 4.98 Å². The van der Waals surface area contributed by atoms with Crippen LogP contribution in [0.2, 0.25) is 0 Å². The Morgan fingerprint density at radius 3 is 2.57 bits per heavy atom. The highest BCUT2D eigenvalue weighted by molar-refractivity contribution is 5.84. The minimum atomic E-state index is -0.535. The minimum absolute atomic E-state index is 0.0499. The van der Waals surface area contributed by atoms with Gasteiger partial charge < -0.3 is 4.98 Å². The fourth-order valence-corrected chi connectivity index (χ4v) is 1.77. The van der Waals surface area contributed by atoms with Crippen LogP contribution in [0, 0.1) is 11.6 Å². The Labute approximate surface area is 80.7 Å². The zero-order chi connectivity index (χ0) is 10.3. The number of aromatic amines is 1. The first-order chi connectivity index (χ1) is 6.61. The predicted octanol–water partition coefficient (Wildman–Crippen LogP) is 3.57. The van der Waals surface area contributed by atoms with Gasteiger partial charge in [0.1, 0.15) is 11.6 Å². The lowest BCUT2D eigenvalue weighted by Gasteiger charge is -2.09. The van der Waals surface area contributed by atoms with Gasteiger partial charge in [-0.05, 0) is 17.5 Å². The molecule has 0 spiro atoms. The number of nitrogens with one attached hydrogen (secondary N) is 1. The fourth-order valence-electron chi connectivity index (χ4n) is 1.77. The lowest BCUT2D eigenvalue weighted by atomic mass is 9.98. The second-order valence-electron chi connectivity index (χ2n) is 3.67. The van der Waals surface area contributed by atoms with E-state index in [0.29, 0.717) is 16.5 Å². The van der Waals surface area contributed by atoms with Crippen LogP contribution in [0.3, 0.4) is 0 Å². The normalized spacial score (nSPS) is 11.5. The summed E-state index contributed by atoms with van der Waals surface area (Å²) in [6, 6.07) is 2.64. The Morgan fingerprint density at radius 1 is 1.21 bits per heavy atom. The molecule has 1 heterocycles. The number of hydrogen-bond donors (Lipinski definition) is 1. The molecule has 2 aromatic rings. The lowest BCUT2D eigenvalue weighted by Crippen LogP contribution is -1.95. The van der Waals surface area contributed by atoms with Gasteiger partial charge in [0.15, 0.2) is 0 Å². The van der Waals surface area contributed by atoms with Crippen LogP contribution in [0.5, 0.6) is 0 Å². The standard InChI is InChI=1S/C11H11F2N/c1-6(2)10-7-3-4-14-11(7)9(13)5-8(10)12/h3-6,14H,1-2H3. The van der Waals surface area contributed by atoms with E-state index in [1.54, 1.807) is 12.3 Å². The summed E-state index contributed by atoms with van der Waals surface area (Å²) in [6.45, 7) is 3.78. The first-order valence-electron chi connectivity index (χ1n) is 4.56. The molecule has 14 heavy (non-hydrogen) atoms. The highest BCUT2D eigenvalue weighted by Crippen LogP contribution is 2.29. The lowest BCUT2D eigenvalue weighted by molar-refractivity contribution is 0.573. The van der Waals surface area contributed by atoms with Crippen molar-refractivity contribution in [2.24, 2.45) is 0 Å². The Kier molecular flexibility index (Phi) is 2.02. The van der Waals surface area contributed by atoms with Crippen LogP contribution >= 0.6 is 0 Å². The molecule has 0 saturated carbocycles. The van der Waals surface area contributed by atoms with Crippen molar-refractivity contribution in [1.29, 1.82) is 0 Å². The van der Waals surface area contributed by atoms with Gasteiger partial charge in [-0.2, -0.15) is 0 Å². The van der Waals surface area contributed by atoms with Crippen LogP contribution in [0.4, 0.5) is 8.78 Å². The number of halogens is 2. The third-order valence-corrected chi connectivity index (χ3v) is 2.36. The van der Waals surface area contributed by atoms with Crippen molar-refractivity contribution in [2.45, 2.75) is 19.8 Å². The van der Waals surface area contributed by atoms with Gasteiger partial charge in [-0.25, -0.2) is 8.78 Å². The number of aromatic nitrogens is 1. The molecule has 1 aromatic carbocycles. The average molecular weight is 195 g/mol. The van der Waals surface area contributed by atoms with Crippen molar-refractivity contribution in [3.05, 3.63) is 35.5 Å². The molecule has 74 valence electrons. The summed E-state index contributed by atoms with van der Waals surface area (Å²) in [4.78, 5) is 2.77. The monoisotopic (exact) mass is 195 g/mol. The molecule has 0 unspecified atom stereocenters. The summed E-state index contributed by atoms with van der Waals surface area (Å²) >= 11 is 0. The van der Waals surface area contributed by atoms with Crippen LogP contribution < -0.4 is 0 Å². The highest BCUT2D eigenvalue weighted by Gasteiger charge is 2.15. The van der Waals surface area contributed by atoms with Gasteiger partial charge in [-0.1, -0.05) is 13.8 Å². The van der Waals surface area contributed by atoms with E-state index in [4.69, 9.17) is 0 Å². The van der Waals surface area contributed by atoms with Crippen molar-refractivity contribution >= 4 is 10.9 Å². The Balaban J connectivity index is 2.86. The molecule has 0 saturated heterocycles. The van der Waals surface area contributed by atoms with Gasteiger partial charge >= 0.3 is 0 Å². The summed E-state index contributed by atoms with van der Waals surface area (Å²) in [5.74, 6) is -0.953. The molecule has 2 rings (SSSR count). The van der Waals surface area contributed by atoms with E-state index in [-0.39, 0.29) is 5.92 Å². The molecule has 0 aliphatic carbocycles. The fraction of sp³-hybridized carbons (Fsp3) is 0.273. The molecule has 0 atom stereocenters. The summed E-state index contributed by atoms with van der Waals surface area (Å²) in [7, 11) is 0. The molecule has 0 radical (unpaired) electrons. The molecule has 0 amide bonds.